The fraction of sp³-hybridized carbons (Fsp3) is 0.263. The zero-order valence-electron chi connectivity index (χ0n) is 14.6. The van der Waals surface area contributed by atoms with Gasteiger partial charge in [-0.3, -0.25) is 4.79 Å². The molecule has 1 aliphatic heterocycles. The molecule has 3 rings (SSSR count). The lowest BCUT2D eigenvalue weighted by Gasteiger charge is -2.26. The van der Waals surface area contributed by atoms with Crippen molar-refractivity contribution < 1.29 is 9.53 Å². The third kappa shape index (κ3) is 5.35. The van der Waals surface area contributed by atoms with Crippen LogP contribution in [0.25, 0.3) is 0 Å². The second-order valence-corrected chi connectivity index (χ2v) is 5.95. The van der Waals surface area contributed by atoms with Gasteiger partial charge < -0.3 is 21.1 Å². The Balaban J connectivity index is 0.00000243. The monoisotopic (exact) mass is 466 g/mol. The van der Waals surface area contributed by atoms with Crippen molar-refractivity contribution in [1.82, 2.24) is 5.32 Å². The van der Waals surface area contributed by atoms with E-state index in [0.29, 0.717) is 19.1 Å². The SMILES string of the molecule is CC(=O)Nc1ccc(CN=C(N)NC2CCOc3ccccc32)cc1.I. The molecule has 0 saturated heterocycles. The first-order valence-corrected chi connectivity index (χ1v) is 8.26. The van der Waals surface area contributed by atoms with Crippen molar-refractivity contribution in [3.63, 3.8) is 0 Å². The van der Waals surface area contributed by atoms with E-state index in [1.165, 1.54) is 6.92 Å². The summed E-state index contributed by atoms with van der Waals surface area (Å²) in [6, 6.07) is 15.6. The molecule has 2 aromatic rings. The number of hydrogen-bond acceptors (Lipinski definition) is 3. The van der Waals surface area contributed by atoms with Gasteiger partial charge in [0.15, 0.2) is 5.96 Å². The number of nitrogens with zero attached hydrogens (tertiary/aromatic N) is 1. The second kappa shape index (κ2) is 9.42. The first-order chi connectivity index (χ1) is 12.1. The molecule has 0 aliphatic carbocycles. The molecular weight excluding hydrogens is 443 g/mol. The van der Waals surface area contributed by atoms with Crippen molar-refractivity contribution in [2.75, 3.05) is 11.9 Å². The summed E-state index contributed by atoms with van der Waals surface area (Å²) in [5.74, 6) is 1.22. The number of ether oxygens (including phenoxy) is 1. The normalized spacial score (nSPS) is 15.9. The molecule has 2 aromatic carbocycles. The number of rotatable bonds is 4. The number of halogens is 1. The molecule has 0 fully saturated rings. The minimum absolute atomic E-state index is 0. The number of benzene rings is 2. The Morgan fingerprint density at radius 2 is 1.96 bits per heavy atom. The third-order valence-corrected chi connectivity index (χ3v) is 3.99. The molecule has 26 heavy (non-hydrogen) atoms. The lowest BCUT2D eigenvalue weighted by Crippen LogP contribution is -2.37. The molecule has 138 valence electrons. The topological polar surface area (TPSA) is 88.7 Å². The zero-order chi connectivity index (χ0) is 17.6. The van der Waals surface area contributed by atoms with Crippen LogP contribution in [0.4, 0.5) is 5.69 Å². The fourth-order valence-electron chi connectivity index (χ4n) is 2.79. The summed E-state index contributed by atoms with van der Waals surface area (Å²) < 4.78 is 5.65. The molecule has 1 amide bonds. The predicted molar refractivity (Wildman–Crippen MR) is 114 cm³/mol. The smallest absolute Gasteiger partial charge is 0.221 e. The maximum atomic E-state index is 11.0. The molecule has 1 unspecified atom stereocenters. The van der Waals surface area contributed by atoms with Crippen molar-refractivity contribution in [2.24, 2.45) is 10.7 Å². The Morgan fingerprint density at radius 1 is 1.23 bits per heavy atom. The van der Waals surface area contributed by atoms with Crippen LogP contribution in [-0.4, -0.2) is 18.5 Å². The summed E-state index contributed by atoms with van der Waals surface area (Å²) in [6.07, 6.45) is 0.846. The number of nitrogens with two attached hydrogens (primary N) is 1. The van der Waals surface area contributed by atoms with Crippen molar-refractivity contribution in [3.05, 3.63) is 59.7 Å². The molecule has 1 aliphatic rings. The molecule has 0 spiro atoms. The van der Waals surface area contributed by atoms with E-state index < -0.39 is 0 Å². The van der Waals surface area contributed by atoms with Gasteiger partial charge in [-0.15, -0.1) is 24.0 Å². The molecule has 1 heterocycles. The van der Waals surface area contributed by atoms with Gasteiger partial charge in [0.1, 0.15) is 5.75 Å². The van der Waals surface area contributed by atoms with Crippen molar-refractivity contribution in [3.8, 4) is 5.75 Å². The highest BCUT2D eigenvalue weighted by Crippen LogP contribution is 2.31. The Bertz CT molecular complexity index is 777. The molecule has 4 N–H and O–H groups in total. The van der Waals surface area contributed by atoms with Gasteiger partial charge in [0, 0.05) is 24.6 Å². The van der Waals surface area contributed by atoms with E-state index in [0.717, 1.165) is 29.0 Å². The molecule has 7 heteroatoms. The highest BCUT2D eigenvalue weighted by atomic mass is 127. The third-order valence-electron chi connectivity index (χ3n) is 3.99. The van der Waals surface area contributed by atoms with E-state index in [1.807, 2.05) is 48.5 Å². The van der Waals surface area contributed by atoms with E-state index in [9.17, 15) is 4.79 Å². The number of carbonyl (C=O) groups excluding carboxylic acids is 1. The number of amides is 1. The number of anilines is 1. The number of aliphatic imine (C=N–C) groups is 1. The summed E-state index contributed by atoms with van der Waals surface area (Å²) in [6.45, 7) is 2.62. The van der Waals surface area contributed by atoms with Crippen LogP contribution >= 0.6 is 24.0 Å². The average molecular weight is 466 g/mol. The minimum atomic E-state index is -0.0871. The number of fused-ring (bicyclic) bond motifs is 1. The number of nitrogens with one attached hydrogen (secondary N) is 2. The van der Waals surface area contributed by atoms with Gasteiger partial charge in [-0.25, -0.2) is 4.99 Å². The predicted octanol–water partition coefficient (Wildman–Crippen LogP) is 3.19. The van der Waals surface area contributed by atoms with Crippen molar-refractivity contribution >= 4 is 41.5 Å². The van der Waals surface area contributed by atoms with Crippen LogP contribution in [0.2, 0.25) is 0 Å². The second-order valence-electron chi connectivity index (χ2n) is 5.95. The van der Waals surface area contributed by atoms with Gasteiger partial charge in [-0.1, -0.05) is 30.3 Å². The summed E-state index contributed by atoms with van der Waals surface area (Å²) >= 11 is 0. The van der Waals surface area contributed by atoms with Gasteiger partial charge in [-0.2, -0.15) is 0 Å². The van der Waals surface area contributed by atoms with Crippen LogP contribution in [0.3, 0.4) is 0 Å². The van der Waals surface area contributed by atoms with E-state index in [4.69, 9.17) is 10.5 Å². The molecule has 1 atom stereocenters. The maximum Gasteiger partial charge on any atom is 0.221 e. The maximum absolute atomic E-state index is 11.0. The van der Waals surface area contributed by atoms with Crippen LogP contribution in [0.15, 0.2) is 53.5 Å². The summed E-state index contributed by atoms with van der Waals surface area (Å²) in [4.78, 5) is 15.4. The van der Waals surface area contributed by atoms with E-state index in [1.54, 1.807) is 0 Å². The van der Waals surface area contributed by atoms with Crippen molar-refractivity contribution in [1.29, 1.82) is 0 Å². The minimum Gasteiger partial charge on any atom is -0.493 e. The summed E-state index contributed by atoms with van der Waals surface area (Å²) in [5, 5.41) is 6.01. The van der Waals surface area contributed by atoms with Gasteiger partial charge >= 0.3 is 0 Å². The summed E-state index contributed by atoms with van der Waals surface area (Å²) in [5.41, 5.74) is 8.94. The molecular formula is C19H23IN4O2. The van der Waals surface area contributed by atoms with Gasteiger partial charge in [0.2, 0.25) is 5.91 Å². The molecule has 0 bridgehead atoms. The number of guanidine groups is 1. The van der Waals surface area contributed by atoms with Gasteiger partial charge in [-0.05, 0) is 23.8 Å². The van der Waals surface area contributed by atoms with Crippen LogP contribution < -0.4 is 21.1 Å². The fourth-order valence-corrected chi connectivity index (χ4v) is 2.79. The van der Waals surface area contributed by atoms with Crippen LogP contribution in [0.1, 0.15) is 30.5 Å². The number of para-hydroxylation sites is 1. The quantitative estimate of drug-likeness (QED) is 0.367. The van der Waals surface area contributed by atoms with Crippen LogP contribution in [0, 0.1) is 0 Å². The standard InChI is InChI=1S/C19H22N4O2.HI/c1-13(24)22-15-8-6-14(7-9-15)12-21-19(20)23-17-10-11-25-18-5-3-2-4-16(17)18;/h2-9,17H,10-12H2,1H3,(H,22,24)(H3,20,21,23);1H. The highest BCUT2D eigenvalue weighted by Gasteiger charge is 2.21. The van der Waals surface area contributed by atoms with Gasteiger partial charge in [0.25, 0.3) is 0 Å². The van der Waals surface area contributed by atoms with Gasteiger partial charge in [0.05, 0.1) is 19.2 Å². The average Bonchev–Trinajstić information content (AvgIpc) is 2.61. The lowest BCUT2D eigenvalue weighted by atomic mass is 10.0. The largest absolute Gasteiger partial charge is 0.493 e. The van der Waals surface area contributed by atoms with E-state index in [-0.39, 0.29) is 35.9 Å². The Morgan fingerprint density at radius 3 is 2.69 bits per heavy atom. The van der Waals surface area contributed by atoms with Crippen LogP contribution in [0.5, 0.6) is 5.75 Å². The van der Waals surface area contributed by atoms with E-state index in [2.05, 4.69) is 15.6 Å². The molecule has 0 saturated carbocycles. The lowest BCUT2D eigenvalue weighted by molar-refractivity contribution is -0.114. The first-order valence-electron chi connectivity index (χ1n) is 8.26. The Kier molecular flexibility index (Phi) is 7.26. The highest BCUT2D eigenvalue weighted by molar-refractivity contribution is 14.0. The number of carbonyl (C=O) groups is 1. The molecule has 0 radical (unpaired) electrons. The van der Waals surface area contributed by atoms with Crippen molar-refractivity contribution in [2.45, 2.75) is 25.9 Å². The van der Waals surface area contributed by atoms with E-state index >= 15 is 0 Å². The number of hydrogen-bond donors (Lipinski definition) is 3. The Labute approximate surface area is 170 Å². The summed E-state index contributed by atoms with van der Waals surface area (Å²) in [7, 11) is 0. The Hall–Kier alpha value is -2.29. The zero-order valence-corrected chi connectivity index (χ0v) is 16.9. The molecule has 0 aromatic heterocycles. The van der Waals surface area contributed by atoms with Crippen LogP contribution in [-0.2, 0) is 11.3 Å². The first kappa shape index (κ1) is 20.0. The molecule has 6 nitrogen and oxygen atoms in total.